The molecule has 2 aromatic rings. The number of benzene rings is 1. The number of primary amides is 1. The first-order valence-corrected chi connectivity index (χ1v) is 7.15. The molecular weight excluding hydrogens is 292 g/mol. The molecule has 0 saturated carbocycles. The number of nitrogens with two attached hydrogens (primary N) is 1. The fourth-order valence-electron chi connectivity index (χ4n) is 1.93. The summed E-state index contributed by atoms with van der Waals surface area (Å²) in [6.07, 6.45) is -0.125. The fraction of sp³-hybridized carbons (Fsp3) is 0.214. The molecule has 4 N–H and O–H groups in total. The fourth-order valence-corrected chi connectivity index (χ4v) is 2.87. The summed E-state index contributed by atoms with van der Waals surface area (Å²) in [6, 6.07) is 6.24. The summed E-state index contributed by atoms with van der Waals surface area (Å²) >= 11 is 1.41. The molecule has 0 bridgehead atoms. The lowest BCUT2D eigenvalue weighted by Gasteiger charge is -2.13. The van der Waals surface area contributed by atoms with Gasteiger partial charge in [0.05, 0.1) is 5.56 Å². The van der Waals surface area contributed by atoms with Crippen LogP contribution < -0.4 is 11.1 Å². The van der Waals surface area contributed by atoms with E-state index in [1.807, 2.05) is 18.2 Å². The standard InChI is InChI=1S/C14H14N2O4S/c15-12(17)6-5-10(14(19)20)16-13(18)9-7-21-11-4-2-1-3-8(9)11/h1-4,7,10H,5-6H2,(H2,15,17)(H,16,18)(H,19,20). The number of carbonyl (C=O) groups is 3. The molecule has 1 heterocycles. The molecule has 0 aliphatic rings. The predicted octanol–water partition coefficient (Wildman–Crippen LogP) is 1.35. The summed E-state index contributed by atoms with van der Waals surface area (Å²) < 4.78 is 0.951. The number of amides is 2. The third-order valence-corrected chi connectivity index (χ3v) is 3.97. The first-order valence-electron chi connectivity index (χ1n) is 6.27. The number of fused-ring (bicyclic) bond motifs is 1. The summed E-state index contributed by atoms with van der Waals surface area (Å²) in [7, 11) is 0. The molecule has 2 rings (SSSR count). The van der Waals surface area contributed by atoms with E-state index in [9.17, 15) is 14.4 Å². The Labute approximate surface area is 124 Å². The molecule has 0 spiro atoms. The number of carboxylic acids is 1. The van der Waals surface area contributed by atoms with Crippen molar-refractivity contribution in [2.45, 2.75) is 18.9 Å². The maximum atomic E-state index is 12.2. The van der Waals surface area contributed by atoms with E-state index < -0.39 is 23.8 Å². The monoisotopic (exact) mass is 306 g/mol. The number of carbonyl (C=O) groups excluding carboxylic acids is 2. The molecule has 0 saturated heterocycles. The van der Waals surface area contributed by atoms with Gasteiger partial charge in [0.1, 0.15) is 6.04 Å². The number of thiophene rings is 1. The SMILES string of the molecule is NC(=O)CCC(NC(=O)c1csc2ccccc12)C(=O)O. The first-order chi connectivity index (χ1) is 9.99. The predicted molar refractivity (Wildman–Crippen MR) is 79.1 cm³/mol. The summed E-state index contributed by atoms with van der Waals surface area (Å²) in [4.78, 5) is 34.0. The third kappa shape index (κ3) is 3.57. The van der Waals surface area contributed by atoms with Crippen LogP contribution in [0.4, 0.5) is 0 Å². The Morgan fingerprint density at radius 1 is 1.29 bits per heavy atom. The second kappa shape index (κ2) is 6.36. The van der Waals surface area contributed by atoms with Gasteiger partial charge < -0.3 is 16.2 Å². The molecule has 2 amide bonds. The summed E-state index contributed by atoms with van der Waals surface area (Å²) in [6.45, 7) is 0. The average molecular weight is 306 g/mol. The number of nitrogens with one attached hydrogen (secondary N) is 1. The van der Waals surface area contributed by atoms with Gasteiger partial charge in [-0.15, -0.1) is 11.3 Å². The zero-order valence-corrected chi connectivity index (χ0v) is 11.9. The van der Waals surface area contributed by atoms with Crippen LogP contribution in [0.3, 0.4) is 0 Å². The van der Waals surface area contributed by atoms with Crippen LogP contribution in [-0.4, -0.2) is 28.9 Å². The molecule has 1 atom stereocenters. The molecule has 1 aromatic heterocycles. The van der Waals surface area contributed by atoms with Crippen molar-refractivity contribution in [2.75, 3.05) is 0 Å². The minimum Gasteiger partial charge on any atom is -0.480 e. The van der Waals surface area contributed by atoms with Crippen LogP contribution in [0.1, 0.15) is 23.2 Å². The van der Waals surface area contributed by atoms with Crippen molar-refractivity contribution in [1.29, 1.82) is 0 Å². The van der Waals surface area contributed by atoms with Gasteiger partial charge in [0.25, 0.3) is 5.91 Å². The Bertz CT molecular complexity index is 695. The lowest BCUT2D eigenvalue weighted by atomic mass is 10.1. The van der Waals surface area contributed by atoms with Crippen molar-refractivity contribution in [3.8, 4) is 0 Å². The number of aliphatic carboxylic acids is 1. The molecule has 0 aliphatic carbocycles. The van der Waals surface area contributed by atoms with Gasteiger partial charge in [0, 0.05) is 21.9 Å². The maximum Gasteiger partial charge on any atom is 0.326 e. The van der Waals surface area contributed by atoms with Crippen molar-refractivity contribution >= 4 is 39.2 Å². The highest BCUT2D eigenvalue weighted by Gasteiger charge is 2.22. The van der Waals surface area contributed by atoms with E-state index in [4.69, 9.17) is 10.8 Å². The van der Waals surface area contributed by atoms with Gasteiger partial charge in [-0.3, -0.25) is 9.59 Å². The molecular formula is C14H14N2O4S. The van der Waals surface area contributed by atoms with E-state index in [1.54, 1.807) is 11.4 Å². The number of hydrogen-bond donors (Lipinski definition) is 3. The van der Waals surface area contributed by atoms with Gasteiger partial charge in [-0.2, -0.15) is 0 Å². The van der Waals surface area contributed by atoms with Crippen LogP contribution in [-0.2, 0) is 9.59 Å². The number of hydrogen-bond acceptors (Lipinski definition) is 4. The first kappa shape index (κ1) is 15.0. The molecule has 110 valence electrons. The van der Waals surface area contributed by atoms with Gasteiger partial charge in [-0.25, -0.2) is 4.79 Å². The van der Waals surface area contributed by atoms with Crippen LogP contribution in [0.25, 0.3) is 10.1 Å². The highest BCUT2D eigenvalue weighted by atomic mass is 32.1. The Kier molecular flexibility index (Phi) is 4.54. The molecule has 0 fully saturated rings. The molecule has 21 heavy (non-hydrogen) atoms. The van der Waals surface area contributed by atoms with Gasteiger partial charge in [-0.1, -0.05) is 18.2 Å². The van der Waals surface area contributed by atoms with E-state index in [0.29, 0.717) is 5.56 Å². The van der Waals surface area contributed by atoms with E-state index in [0.717, 1.165) is 10.1 Å². The molecule has 1 aromatic carbocycles. The molecule has 7 heteroatoms. The van der Waals surface area contributed by atoms with Gasteiger partial charge in [0.2, 0.25) is 5.91 Å². The molecule has 1 unspecified atom stereocenters. The highest BCUT2D eigenvalue weighted by Crippen LogP contribution is 2.25. The summed E-state index contributed by atoms with van der Waals surface area (Å²) in [5.74, 6) is -2.26. The Morgan fingerprint density at radius 2 is 2.00 bits per heavy atom. The van der Waals surface area contributed by atoms with Crippen LogP contribution >= 0.6 is 11.3 Å². The molecule has 6 nitrogen and oxygen atoms in total. The zero-order chi connectivity index (χ0) is 15.4. The van der Waals surface area contributed by atoms with E-state index >= 15 is 0 Å². The van der Waals surface area contributed by atoms with Crippen LogP contribution in [0.5, 0.6) is 0 Å². The smallest absolute Gasteiger partial charge is 0.326 e. The summed E-state index contributed by atoms with van der Waals surface area (Å²) in [5.41, 5.74) is 5.43. The van der Waals surface area contributed by atoms with Gasteiger partial charge >= 0.3 is 5.97 Å². The maximum absolute atomic E-state index is 12.2. The van der Waals surface area contributed by atoms with Crippen LogP contribution in [0.2, 0.25) is 0 Å². The van der Waals surface area contributed by atoms with Crippen molar-refractivity contribution in [3.63, 3.8) is 0 Å². The van der Waals surface area contributed by atoms with E-state index in [1.165, 1.54) is 11.3 Å². The lowest BCUT2D eigenvalue weighted by molar-refractivity contribution is -0.139. The largest absolute Gasteiger partial charge is 0.480 e. The minimum absolute atomic E-state index is 0.0293. The minimum atomic E-state index is -1.19. The van der Waals surface area contributed by atoms with Gasteiger partial charge in [0.15, 0.2) is 0 Å². The van der Waals surface area contributed by atoms with E-state index in [-0.39, 0.29) is 12.8 Å². The number of rotatable bonds is 6. The lowest BCUT2D eigenvalue weighted by Crippen LogP contribution is -2.41. The Morgan fingerprint density at radius 3 is 2.67 bits per heavy atom. The highest BCUT2D eigenvalue weighted by molar-refractivity contribution is 7.17. The Balaban J connectivity index is 2.15. The average Bonchev–Trinajstić information content (AvgIpc) is 2.86. The van der Waals surface area contributed by atoms with Gasteiger partial charge in [-0.05, 0) is 12.5 Å². The van der Waals surface area contributed by atoms with Crippen LogP contribution in [0, 0.1) is 0 Å². The Hall–Kier alpha value is -2.41. The second-order valence-corrected chi connectivity index (χ2v) is 5.43. The van der Waals surface area contributed by atoms with Crippen molar-refractivity contribution in [1.82, 2.24) is 5.32 Å². The third-order valence-electron chi connectivity index (χ3n) is 3.01. The zero-order valence-electron chi connectivity index (χ0n) is 11.0. The topological polar surface area (TPSA) is 109 Å². The molecule has 0 radical (unpaired) electrons. The quantitative estimate of drug-likeness (QED) is 0.748. The van der Waals surface area contributed by atoms with Crippen molar-refractivity contribution < 1.29 is 19.5 Å². The normalized spacial score (nSPS) is 12.0. The summed E-state index contributed by atoms with van der Waals surface area (Å²) in [5, 5.41) is 14.0. The van der Waals surface area contributed by atoms with Crippen molar-refractivity contribution in [3.05, 3.63) is 35.2 Å². The number of carboxylic acid groups (broad SMARTS) is 1. The van der Waals surface area contributed by atoms with Crippen molar-refractivity contribution in [2.24, 2.45) is 5.73 Å². The molecule has 0 aliphatic heterocycles. The van der Waals surface area contributed by atoms with E-state index in [2.05, 4.69) is 5.32 Å². The van der Waals surface area contributed by atoms with Crippen LogP contribution in [0.15, 0.2) is 29.6 Å². The second-order valence-electron chi connectivity index (χ2n) is 4.51.